The summed E-state index contributed by atoms with van der Waals surface area (Å²) in [6.07, 6.45) is 0. The molecule has 4 aromatic rings. The molecular formula is C50H56BO4-. The van der Waals surface area contributed by atoms with Gasteiger partial charge in [0.05, 0.1) is 10.8 Å². The van der Waals surface area contributed by atoms with Crippen molar-refractivity contribution < 1.29 is 18.6 Å². The van der Waals surface area contributed by atoms with Crippen LogP contribution in [0, 0.1) is 34.5 Å². The maximum atomic E-state index is 6.75. The third-order valence-electron chi connectivity index (χ3n) is 11.8. The van der Waals surface area contributed by atoms with Crippen LogP contribution >= 0.6 is 0 Å². The Morgan fingerprint density at radius 3 is 1.05 bits per heavy atom. The van der Waals surface area contributed by atoms with Crippen molar-refractivity contribution in [2.45, 2.75) is 105 Å². The Morgan fingerprint density at radius 1 is 0.436 bits per heavy atom. The van der Waals surface area contributed by atoms with Crippen molar-refractivity contribution in [1.29, 1.82) is 0 Å². The molecule has 55 heavy (non-hydrogen) atoms. The third-order valence-corrected chi connectivity index (χ3v) is 11.8. The number of fused-ring (bicyclic) bond motifs is 10. The lowest BCUT2D eigenvalue weighted by Gasteiger charge is -2.56. The van der Waals surface area contributed by atoms with Crippen LogP contribution in [0.1, 0.15) is 128 Å². The maximum absolute atomic E-state index is 6.75. The van der Waals surface area contributed by atoms with Crippen LogP contribution in [-0.2, 0) is 40.3 Å². The highest BCUT2D eigenvalue weighted by atomic mass is 16.9. The number of benzene rings is 4. The molecule has 2 saturated heterocycles. The quantitative estimate of drug-likeness (QED) is 0.133. The van der Waals surface area contributed by atoms with Gasteiger partial charge in [0.2, 0.25) is 0 Å². The monoisotopic (exact) mass is 731 g/mol. The van der Waals surface area contributed by atoms with Gasteiger partial charge >= 0.3 is 6.96 Å². The van der Waals surface area contributed by atoms with Gasteiger partial charge in [0.15, 0.2) is 0 Å². The summed E-state index contributed by atoms with van der Waals surface area (Å²) < 4.78 is 27.0. The molecule has 0 atom stereocenters. The second kappa shape index (κ2) is 12.5. The second-order valence-corrected chi connectivity index (χ2v) is 20.5. The van der Waals surface area contributed by atoms with Crippen LogP contribution in [0.5, 0.6) is 0 Å². The van der Waals surface area contributed by atoms with E-state index in [4.69, 9.17) is 18.6 Å². The molecule has 0 saturated carbocycles. The van der Waals surface area contributed by atoms with Crippen LogP contribution in [0.25, 0.3) is 22.3 Å². The van der Waals surface area contributed by atoms with Gasteiger partial charge in [-0.1, -0.05) is 114 Å². The topological polar surface area (TPSA) is 36.9 Å². The van der Waals surface area contributed by atoms with Gasteiger partial charge in [-0.25, -0.2) is 0 Å². The normalized spacial score (nSPS) is 24.1. The second-order valence-electron chi connectivity index (χ2n) is 20.5. The zero-order chi connectivity index (χ0) is 39.4. The summed E-state index contributed by atoms with van der Waals surface area (Å²) in [6.45, 7) is 25.6. The molecule has 0 amide bonds. The largest absolute Gasteiger partial charge is 0.531 e. The van der Waals surface area contributed by atoms with Crippen LogP contribution < -0.4 is 0 Å². The van der Waals surface area contributed by atoms with E-state index in [1.54, 1.807) is 0 Å². The Labute approximate surface area is 329 Å². The van der Waals surface area contributed by atoms with Crippen LogP contribution in [0.15, 0.2) is 72.8 Å². The minimum absolute atomic E-state index is 0.00818. The van der Waals surface area contributed by atoms with Gasteiger partial charge in [-0.05, 0) is 132 Å². The van der Waals surface area contributed by atoms with Crippen molar-refractivity contribution in [1.82, 2.24) is 0 Å². The molecule has 2 fully saturated rings. The lowest BCUT2D eigenvalue weighted by atomic mass is 9.74. The molecule has 0 N–H and O–H groups in total. The first kappa shape index (κ1) is 37.8. The first-order chi connectivity index (χ1) is 25.6. The Morgan fingerprint density at radius 2 is 0.745 bits per heavy atom. The van der Waals surface area contributed by atoms with Crippen LogP contribution in [0.4, 0.5) is 0 Å². The fraction of sp³-hybridized carbons (Fsp3) is 0.440. The minimum Gasteiger partial charge on any atom is -0.517 e. The zero-order valence-electron chi connectivity index (χ0n) is 35.0. The summed E-state index contributed by atoms with van der Waals surface area (Å²) in [5.74, 6) is 13.7. The summed E-state index contributed by atoms with van der Waals surface area (Å²) in [5.41, 5.74) is 13.2. The summed E-state index contributed by atoms with van der Waals surface area (Å²) in [5, 5.41) is 0. The van der Waals surface area contributed by atoms with Gasteiger partial charge in [-0.15, -0.1) is 0 Å². The third kappa shape index (κ3) is 6.58. The van der Waals surface area contributed by atoms with Gasteiger partial charge < -0.3 is 18.6 Å². The maximum Gasteiger partial charge on any atom is 0.531 e. The molecule has 4 aliphatic rings. The zero-order valence-corrected chi connectivity index (χ0v) is 35.0. The molecule has 4 nitrogen and oxygen atoms in total. The highest BCUT2D eigenvalue weighted by Gasteiger charge is 2.55. The number of hydrogen-bond acceptors (Lipinski definition) is 4. The molecular weight excluding hydrogens is 675 g/mol. The average molecular weight is 732 g/mol. The molecule has 2 heterocycles. The molecule has 8 rings (SSSR count). The Bertz CT molecular complexity index is 2160. The summed E-state index contributed by atoms with van der Waals surface area (Å²) in [4.78, 5) is 0. The van der Waals surface area contributed by atoms with Gasteiger partial charge in [0.25, 0.3) is 0 Å². The van der Waals surface area contributed by atoms with E-state index in [1.807, 2.05) is 0 Å². The smallest absolute Gasteiger partial charge is 0.517 e. The Hall–Kier alpha value is -4.10. The van der Waals surface area contributed by atoms with Crippen LogP contribution in [0.3, 0.4) is 0 Å². The predicted molar refractivity (Wildman–Crippen MR) is 225 cm³/mol. The van der Waals surface area contributed by atoms with Crippen molar-refractivity contribution in [2.24, 2.45) is 10.8 Å². The van der Waals surface area contributed by atoms with Gasteiger partial charge in [0.1, 0.15) is 0 Å². The van der Waals surface area contributed by atoms with E-state index in [0.717, 1.165) is 11.1 Å². The fourth-order valence-corrected chi connectivity index (χ4v) is 8.61. The molecule has 0 unspecified atom stereocenters. The van der Waals surface area contributed by atoms with Crippen molar-refractivity contribution >= 4 is 6.96 Å². The molecule has 2 aliphatic heterocycles. The van der Waals surface area contributed by atoms with Crippen molar-refractivity contribution in [3.63, 3.8) is 0 Å². The fourth-order valence-electron chi connectivity index (χ4n) is 8.61. The van der Waals surface area contributed by atoms with E-state index in [9.17, 15) is 0 Å². The lowest BCUT2D eigenvalue weighted by molar-refractivity contribution is -0.117. The highest BCUT2D eigenvalue weighted by molar-refractivity contribution is 6.54. The SMILES string of the molecule is CC(C)(C)C#Cc1ccc2c(c1)-c1cc(C(C)(C)C)ccc1C21CO[B-]2(OC1)OCC1(CO2)c2ccc(C#CC(C)(C)C)cc2-c2cc(C(C)(C)C)ccc21. The first-order valence-electron chi connectivity index (χ1n) is 20.0. The van der Waals surface area contributed by atoms with Gasteiger partial charge in [-0.3, -0.25) is 0 Å². The van der Waals surface area contributed by atoms with E-state index < -0.39 is 17.8 Å². The van der Waals surface area contributed by atoms with E-state index in [2.05, 4.69) is 180 Å². The molecule has 5 heteroatoms. The number of hydrogen-bond donors (Lipinski definition) is 0. The minimum atomic E-state index is -2.43. The van der Waals surface area contributed by atoms with Gasteiger partial charge in [0, 0.05) is 48.4 Å². The molecule has 2 aliphatic carbocycles. The molecule has 3 spiro atoms. The van der Waals surface area contributed by atoms with Crippen LogP contribution in [-0.4, -0.2) is 33.4 Å². The Balaban J connectivity index is 1.12. The van der Waals surface area contributed by atoms with Crippen molar-refractivity contribution in [3.05, 3.63) is 117 Å². The van der Waals surface area contributed by atoms with E-state index in [1.165, 1.54) is 55.6 Å². The molecule has 0 radical (unpaired) electrons. The van der Waals surface area contributed by atoms with E-state index >= 15 is 0 Å². The van der Waals surface area contributed by atoms with E-state index in [-0.39, 0.29) is 21.7 Å². The predicted octanol–water partition coefficient (Wildman–Crippen LogP) is 10.8. The van der Waals surface area contributed by atoms with Gasteiger partial charge in [-0.2, -0.15) is 0 Å². The van der Waals surface area contributed by atoms with Crippen molar-refractivity contribution in [2.75, 3.05) is 26.4 Å². The summed E-state index contributed by atoms with van der Waals surface area (Å²) in [6, 6.07) is 27.1. The molecule has 0 bridgehead atoms. The molecule has 4 aromatic carbocycles. The lowest BCUT2D eigenvalue weighted by Crippen LogP contribution is -2.64. The Kier molecular flexibility index (Phi) is 8.56. The first-order valence-corrected chi connectivity index (χ1v) is 20.0. The van der Waals surface area contributed by atoms with E-state index in [0.29, 0.717) is 26.4 Å². The highest BCUT2D eigenvalue weighted by Crippen LogP contribution is 2.55. The number of rotatable bonds is 0. The standard InChI is InChI=1S/C50H56BO4/c1-45(2,3)23-21-33-13-17-41-37(25-33)39-27-35(47(7,8)9)15-19-43(39)49(41)29-52-51(53-30-49)54-31-50(32-55-51)42-18-14-34(22-24-46(4,5)6)26-38(42)40-28-36(48(10,11)12)16-20-44(40)50/h13-20,25-28H,29-32H2,1-12H3/q-1. The summed E-state index contributed by atoms with van der Waals surface area (Å²) >= 11 is 0. The molecule has 284 valence electrons. The van der Waals surface area contributed by atoms with Crippen LogP contribution in [0.2, 0.25) is 0 Å². The van der Waals surface area contributed by atoms with Crippen molar-refractivity contribution in [3.8, 4) is 45.9 Å². The summed E-state index contributed by atoms with van der Waals surface area (Å²) in [7, 11) is 0. The average Bonchev–Trinajstić information content (AvgIpc) is 3.53. The molecule has 0 aromatic heterocycles.